The van der Waals surface area contributed by atoms with Crippen molar-refractivity contribution in [3.63, 3.8) is 0 Å². The number of nitrogens with one attached hydrogen (secondary N) is 1. The van der Waals surface area contributed by atoms with Gasteiger partial charge in [0.05, 0.1) is 16.8 Å². The highest BCUT2D eigenvalue weighted by molar-refractivity contribution is 6.35. The van der Waals surface area contributed by atoms with Crippen molar-refractivity contribution < 1.29 is 14.4 Å². The van der Waals surface area contributed by atoms with Crippen LogP contribution in [0.25, 0.3) is 11.1 Å². The Balaban J connectivity index is 1.45. The Morgan fingerprint density at radius 2 is 1.47 bits per heavy atom. The van der Waals surface area contributed by atoms with Gasteiger partial charge in [0.15, 0.2) is 0 Å². The molecule has 0 unspecified atom stereocenters. The smallest absolute Gasteiger partial charge is 0.266 e. The average molecular weight is 419 g/mol. The van der Waals surface area contributed by atoms with E-state index in [1.807, 2.05) is 48.5 Å². The molecule has 3 amide bonds. The summed E-state index contributed by atoms with van der Waals surface area (Å²) in [6.07, 6.45) is 1.57. The molecule has 4 aromatic rings. The Bertz CT molecular complexity index is 1350. The van der Waals surface area contributed by atoms with Crippen LogP contribution in [-0.4, -0.2) is 22.7 Å². The maximum atomic E-state index is 13.1. The van der Waals surface area contributed by atoms with Crippen molar-refractivity contribution in [3.8, 4) is 11.1 Å². The van der Waals surface area contributed by atoms with Crippen molar-refractivity contribution in [1.82, 2.24) is 4.98 Å². The van der Waals surface area contributed by atoms with Gasteiger partial charge < -0.3 is 5.32 Å². The number of hydrogen-bond acceptors (Lipinski definition) is 4. The molecule has 0 spiro atoms. The fourth-order valence-electron chi connectivity index (χ4n) is 3.70. The van der Waals surface area contributed by atoms with E-state index in [0.29, 0.717) is 11.5 Å². The maximum Gasteiger partial charge on any atom is 0.266 e. The van der Waals surface area contributed by atoms with Gasteiger partial charge in [-0.15, -0.1) is 0 Å². The van der Waals surface area contributed by atoms with E-state index in [-0.39, 0.29) is 16.7 Å². The van der Waals surface area contributed by atoms with Crippen LogP contribution in [0.15, 0.2) is 97.2 Å². The molecule has 0 saturated heterocycles. The SMILES string of the molecule is O=C(Nc1ccccn1)c1ccc2c(c1)C(=O)N(c1cccc(-c3ccccc3)c1)C2=O. The van der Waals surface area contributed by atoms with Gasteiger partial charge >= 0.3 is 0 Å². The third kappa shape index (κ3) is 3.44. The lowest BCUT2D eigenvalue weighted by atomic mass is 10.0. The van der Waals surface area contributed by atoms with Gasteiger partial charge in [-0.3, -0.25) is 14.4 Å². The molecule has 1 N–H and O–H groups in total. The number of anilines is 2. The number of rotatable bonds is 4. The molecule has 0 fully saturated rings. The molecule has 0 aliphatic carbocycles. The van der Waals surface area contributed by atoms with Gasteiger partial charge in [-0.25, -0.2) is 9.88 Å². The number of benzene rings is 3. The van der Waals surface area contributed by atoms with Crippen molar-refractivity contribution in [2.24, 2.45) is 0 Å². The molecule has 32 heavy (non-hydrogen) atoms. The Morgan fingerprint density at radius 1 is 0.719 bits per heavy atom. The van der Waals surface area contributed by atoms with E-state index in [1.54, 1.807) is 30.5 Å². The molecular formula is C26H17N3O3. The number of imide groups is 1. The minimum absolute atomic E-state index is 0.203. The second-order valence-electron chi connectivity index (χ2n) is 7.29. The minimum Gasteiger partial charge on any atom is -0.307 e. The maximum absolute atomic E-state index is 13.1. The quantitative estimate of drug-likeness (QED) is 0.482. The zero-order valence-corrected chi connectivity index (χ0v) is 16.9. The molecule has 1 aliphatic rings. The van der Waals surface area contributed by atoms with Crippen LogP contribution < -0.4 is 10.2 Å². The van der Waals surface area contributed by atoms with E-state index in [2.05, 4.69) is 10.3 Å². The zero-order chi connectivity index (χ0) is 22.1. The Hall–Kier alpha value is -4.58. The minimum atomic E-state index is -0.456. The Morgan fingerprint density at radius 3 is 2.25 bits per heavy atom. The third-order valence-electron chi connectivity index (χ3n) is 5.27. The number of carbonyl (C=O) groups is 3. The molecule has 0 bridgehead atoms. The first-order valence-corrected chi connectivity index (χ1v) is 10.0. The van der Waals surface area contributed by atoms with Crippen molar-refractivity contribution in [2.45, 2.75) is 0 Å². The highest BCUT2D eigenvalue weighted by Gasteiger charge is 2.37. The number of fused-ring (bicyclic) bond motifs is 1. The van der Waals surface area contributed by atoms with Crippen molar-refractivity contribution in [1.29, 1.82) is 0 Å². The van der Waals surface area contributed by atoms with Crippen LogP contribution >= 0.6 is 0 Å². The first-order valence-electron chi connectivity index (χ1n) is 10.0. The van der Waals surface area contributed by atoms with Crippen LogP contribution in [0.4, 0.5) is 11.5 Å². The molecule has 154 valence electrons. The molecule has 3 aromatic carbocycles. The van der Waals surface area contributed by atoms with E-state index in [9.17, 15) is 14.4 Å². The van der Waals surface area contributed by atoms with Crippen molar-refractivity contribution >= 4 is 29.2 Å². The summed E-state index contributed by atoms with van der Waals surface area (Å²) in [6.45, 7) is 0. The van der Waals surface area contributed by atoms with Crippen LogP contribution in [0, 0.1) is 0 Å². The Kier molecular flexibility index (Phi) is 4.80. The molecule has 0 radical (unpaired) electrons. The molecule has 6 heteroatoms. The molecule has 1 aliphatic heterocycles. The van der Waals surface area contributed by atoms with E-state index in [0.717, 1.165) is 16.0 Å². The number of hydrogen-bond donors (Lipinski definition) is 1. The number of aromatic nitrogens is 1. The van der Waals surface area contributed by atoms with Gasteiger partial charge in [-0.2, -0.15) is 0 Å². The lowest BCUT2D eigenvalue weighted by Crippen LogP contribution is -2.29. The summed E-state index contributed by atoms with van der Waals surface area (Å²) in [5, 5.41) is 2.68. The summed E-state index contributed by atoms with van der Waals surface area (Å²) in [7, 11) is 0. The summed E-state index contributed by atoms with van der Waals surface area (Å²) < 4.78 is 0. The largest absolute Gasteiger partial charge is 0.307 e. The van der Waals surface area contributed by atoms with Gasteiger partial charge in [0.1, 0.15) is 5.82 Å². The van der Waals surface area contributed by atoms with Crippen LogP contribution in [0.1, 0.15) is 31.1 Å². The first kappa shape index (κ1) is 19.4. The standard InChI is InChI=1S/C26H17N3O3/c30-24(28-23-11-4-5-14-27-23)19-12-13-21-22(16-19)26(32)29(25(21)31)20-10-6-9-18(15-20)17-7-2-1-3-8-17/h1-16H,(H,27,28,30). The van der Waals surface area contributed by atoms with E-state index in [4.69, 9.17) is 0 Å². The van der Waals surface area contributed by atoms with Crippen molar-refractivity contribution in [3.05, 3.63) is 114 Å². The first-order chi connectivity index (χ1) is 15.6. The predicted molar refractivity (Wildman–Crippen MR) is 122 cm³/mol. The molecule has 0 atom stereocenters. The third-order valence-corrected chi connectivity index (χ3v) is 5.27. The summed E-state index contributed by atoms with van der Waals surface area (Å²) in [5.41, 5.74) is 3.12. The van der Waals surface area contributed by atoms with Crippen LogP contribution in [0.5, 0.6) is 0 Å². The predicted octanol–water partition coefficient (Wildman–Crippen LogP) is 4.80. The molecule has 1 aromatic heterocycles. The van der Waals surface area contributed by atoms with Gasteiger partial charge in [-0.05, 0) is 53.6 Å². The summed E-state index contributed by atoms with van der Waals surface area (Å²) in [5.74, 6) is -0.870. The fraction of sp³-hybridized carbons (Fsp3) is 0. The molecule has 5 rings (SSSR count). The fourth-order valence-corrected chi connectivity index (χ4v) is 3.70. The summed E-state index contributed by atoms with van der Waals surface area (Å²) >= 11 is 0. The highest BCUT2D eigenvalue weighted by Crippen LogP contribution is 2.32. The van der Waals surface area contributed by atoms with Gasteiger partial charge in [0.2, 0.25) is 0 Å². The van der Waals surface area contributed by atoms with E-state index >= 15 is 0 Å². The van der Waals surface area contributed by atoms with Crippen molar-refractivity contribution in [2.75, 3.05) is 10.2 Å². The van der Waals surface area contributed by atoms with Crippen LogP contribution in [-0.2, 0) is 0 Å². The second-order valence-corrected chi connectivity index (χ2v) is 7.29. The number of nitrogens with zero attached hydrogens (tertiary/aromatic N) is 2. The molecule has 2 heterocycles. The summed E-state index contributed by atoms with van der Waals surface area (Å²) in [4.78, 5) is 44.0. The van der Waals surface area contributed by atoms with Crippen LogP contribution in [0.3, 0.4) is 0 Å². The topological polar surface area (TPSA) is 79.4 Å². The monoisotopic (exact) mass is 419 g/mol. The number of pyridine rings is 1. The van der Waals surface area contributed by atoms with Gasteiger partial charge in [0, 0.05) is 11.8 Å². The molecular weight excluding hydrogens is 402 g/mol. The lowest BCUT2D eigenvalue weighted by molar-refractivity contribution is 0.0925. The normalized spacial score (nSPS) is 12.6. The number of carbonyl (C=O) groups excluding carboxylic acids is 3. The van der Waals surface area contributed by atoms with E-state index < -0.39 is 17.7 Å². The summed E-state index contributed by atoms with van der Waals surface area (Å²) in [6, 6.07) is 26.7. The van der Waals surface area contributed by atoms with E-state index in [1.165, 1.54) is 18.2 Å². The lowest BCUT2D eigenvalue weighted by Gasteiger charge is -2.15. The molecule has 0 saturated carbocycles. The highest BCUT2D eigenvalue weighted by atomic mass is 16.2. The zero-order valence-electron chi connectivity index (χ0n) is 16.9. The average Bonchev–Trinajstić information content (AvgIpc) is 3.09. The van der Waals surface area contributed by atoms with Crippen LogP contribution in [0.2, 0.25) is 0 Å². The van der Waals surface area contributed by atoms with Gasteiger partial charge in [-0.1, -0.05) is 48.5 Å². The number of amides is 3. The van der Waals surface area contributed by atoms with Gasteiger partial charge in [0.25, 0.3) is 17.7 Å². The molecule has 6 nitrogen and oxygen atoms in total. The second kappa shape index (κ2) is 7.92. The Labute approximate surface area is 184 Å².